The lowest BCUT2D eigenvalue weighted by molar-refractivity contribution is 0.102. The van der Waals surface area contributed by atoms with E-state index in [4.69, 9.17) is 20.4 Å². The molecule has 22 heavy (non-hydrogen) atoms. The fourth-order valence-electron chi connectivity index (χ4n) is 2.02. The summed E-state index contributed by atoms with van der Waals surface area (Å²) in [7, 11) is 0. The number of aryl methyl sites for hydroxylation is 1. The van der Waals surface area contributed by atoms with Crippen LogP contribution in [-0.4, -0.2) is 10.9 Å². The van der Waals surface area contributed by atoms with Gasteiger partial charge in [-0.2, -0.15) is 0 Å². The van der Waals surface area contributed by atoms with Gasteiger partial charge in [-0.3, -0.25) is 4.79 Å². The van der Waals surface area contributed by atoms with Gasteiger partial charge < -0.3 is 14.2 Å². The number of halogens is 2. The first-order chi connectivity index (χ1) is 10.6. The number of rotatable bonds is 3. The highest BCUT2D eigenvalue weighted by molar-refractivity contribution is 9.10. The maximum atomic E-state index is 12.4. The Bertz CT molecular complexity index is 804. The van der Waals surface area contributed by atoms with Crippen LogP contribution >= 0.6 is 27.5 Å². The summed E-state index contributed by atoms with van der Waals surface area (Å²) in [5.74, 6) is 0.280. The van der Waals surface area contributed by atoms with Gasteiger partial charge in [0.2, 0.25) is 5.76 Å². The van der Waals surface area contributed by atoms with Crippen LogP contribution in [-0.2, 0) is 0 Å². The average Bonchev–Trinajstić information content (AvgIpc) is 3.11. The van der Waals surface area contributed by atoms with Crippen molar-refractivity contribution in [3.8, 4) is 11.5 Å². The number of nitrogens with zero attached hydrogens (tertiary/aromatic N) is 1. The number of amides is 1. The number of carbonyl (C=O) groups is 1. The van der Waals surface area contributed by atoms with Crippen molar-refractivity contribution in [1.29, 1.82) is 0 Å². The summed E-state index contributed by atoms with van der Waals surface area (Å²) in [5, 5.41) is 3.19. The Labute approximate surface area is 139 Å². The molecule has 3 rings (SSSR count). The van der Waals surface area contributed by atoms with Crippen LogP contribution in [0, 0.1) is 6.92 Å². The van der Waals surface area contributed by atoms with Gasteiger partial charge in [-0.05, 0) is 36.8 Å². The van der Waals surface area contributed by atoms with Crippen molar-refractivity contribution in [1.82, 2.24) is 4.98 Å². The van der Waals surface area contributed by atoms with Gasteiger partial charge in [-0.25, -0.2) is 4.98 Å². The first-order valence-corrected chi connectivity index (χ1v) is 7.47. The van der Waals surface area contributed by atoms with Gasteiger partial charge in [-0.1, -0.05) is 27.5 Å². The van der Waals surface area contributed by atoms with E-state index in [-0.39, 0.29) is 11.5 Å². The van der Waals surface area contributed by atoms with Crippen LogP contribution in [0.15, 0.2) is 50.2 Å². The van der Waals surface area contributed by atoms with Crippen LogP contribution in [0.5, 0.6) is 0 Å². The molecular weight excluding hydrogens is 372 g/mol. The van der Waals surface area contributed by atoms with E-state index in [1.165, 1.54) is 12.7 Å². The molecule has 0 spiro atoms. The third-order valence-electron chi connectivity index (χ3n) is 3.02. The second-order valence-electron chi connectivity index (χ2n) is 4.54. The van der Waals surface area contributed by atoms with Crippen molar-refractivity contribution in [3.63, 3.8) is 0 Å². The van der Waals surface area contributed by atoms with Gasteiger partial charge in [0, 0.05) is 4.47 Å². The molecule has 2 aromatic heterocycles. The van der Waals surface area contributed by atoms with Crippen LogP contribution in [0.3, 0.4) is 0 Å². The zero-order valence-electron chi connectivity index (χ0n) is 11.4. The van der Waals surface area contributed by atoms with Crippen molar-refractivity contribution < 1.29 is 13.6 Å². The standard InChI is InChI=1S/C15H10BrClN2O3/c1-8-5-9(16)6-10(17)12(8)19-15(20)13-14(22-7-18-13)11-3-2-4-21-11/h2-7H,1H3,(H,19,20). The van der Waals surface area contributed by atoms with E-state index in [1.807, 2.05) is 13.0 Å². The highest BCUT2D eigenvalue weighted by Gasteiger charge is 2.21. The van der Waals surface area contributed by atoms with Crippen LogP contribution < -0.4 is 5.32 Å². The Morgan fingerprint density at radius 3 is 2.86 bits per heavy atom. The van der Waals surface area contributed by atoms with Gasteiger partial charge in [0.05, 0.1) is 17.0 Å². The SMILES string of the molecule is Cc1cc(Br)cc(Cl)c1NC(=O)c1ncoc1-c1ccco1. The summed E-state index contributed by atoms with van der Waals surface area (Å²) < 4.78 is 11.3. The summed E-state index contributed by atoms with van der Waals surface area (Å²) in [5.41, 5.74) is 1.49. The van der Waals surface area contributed by atoms with Gasteiger partial charge in [0.1, 0.15) is 0 Å². The van der Waals surface area contributed by atoms with Crippen molar-refractivity contribution >= 4 is 39.1 Å². The molecule has 5 nitrogen and oxygen atoms in total. The highest BCUT2D eigenvalue weighted by Crippen LogP contribution is 2.31. The lowest BCUT2D eigenvalue weighted by atomic mass is 10.2. The summed E-state index contributed by atoms with van der Waals surface area (Å²) in [6.45, 7) is 1.85. The zero-order valence-corrected chi connectivity index (χ0v) is 13.7. The Kier molecular flexibility index (Phi) is 4.04. The number of furan rings is 1. The lowest BCUT2D eigenvalue weighted by Gasteiger charge is -2.10. The third-order valence-corrected chi connectivity index (χ3v) is 3.77. The Morgan fingerprint density at radius 2 is 2.18 bits per heavy atom. The van der Waals surface area contributed by atoms with Crippen LogP contribution in [0.25, 0.3) is 11.5 Å². The van der Waals surface area contributed by atoms with Gasteiger partial charge >= 0.3 is 0 Å². The molecule has 0 saturated carbocycles. The molecule has 0 radical (unpaired) electrons. The molecule has 0 saturated heterocycles. The second-order valence-corrected chi connectivity index (χ2v) is 5.86. The van der Waals surface area contributed by atoms with Gasteiger partial charge in [0.25, 0.3) is 5.91 Å². The lowest BCUT2D eigenvalue weighted by Crippen LogP contribution is -2.14. The fraction of sp³-hybridized carbons (Fsp3) is 0.0667. The molecule has 3 aromatic rings. The second kappa shape index (κ2) is 5.98. The minimum absolute atomic E-state index is 0.133. The number of hydrogen-bond acceptors (Lipinski definition) is 4. The fourth-order valence-corrected chi connectivity index (χ4v) is 3.04. The average molecular weight is 382 g/mol. The van der Waals surface area contributed by atoms with Crippen LogP contribution in [0.1, 0.15) is 16.1 Å². The number of nitrogens with one attached hydrogen (secondary N) is 1. The predicted molar refractivity (Wildman–Crippen MR) is 86.0 cm³/mol. The molecule has 1 N–H and O–H groups in total. The van der Waals surface area contributed by atoms with Crippen LogP contribution in [0.2, 0.25) is 5.02 Å². The maximum Gasteiger partial charge on any atom is 0.278 e. The zero-order chi connectivity index (χ0) is 15.7. The molecule has 0 aliphatic carbocycles. The van der Waals surface area contributed by atoms with E-state index in [2.05, 4.69) is 26.2 Å². The molecule has 0 bridgehead atoms. The number of benzene rings is 1. The van der Waals surface area contributed by atoms with Gasteiger partial charge in [0.15, 0.2) is 17.8 Å². The Morgan fingerprint density at radius 1 is 1.36 bits per heavy atom. The summed E-state index contributed by atoms with van der Waals surface area (Å²) in [6, 6.07) is 6.96. The molecule has 0 fully saturated rings. The van der Waals surface area contributed by atoms with Crippen molar-refractivity contribution in [3.05, 3.63) is 57.7 Å². The third kappa shape index (κ3) is 2.80. The topological polar surface area (TPSA) is 68.3 Å². The highest BCUT2D eigenvalue weighted by atomic mass is 79.9. The molecule has 112 valence electrons. The predicted octanol–water partition coefficient (Wildman–Crippen LogP) is 4.91. The van der Waals surface area contributed by atoms with E-state index in [9.17, 15) is 4.79 Å². The summed E-state index contributed by atoms with van der Waals surface area (Å²) >= 11 is 9.53. The molecule has 0 aliphatic rings. The normalized spacial score (nSPS) is 10.7. The summed E-state index contributed by atoms with van der Waals surface area (Å²) in [6.07, 6.45) is 2.69. The molecule has 0 unspecified atom stereocenters. The monoisotopic (exact) mass is 380 g/mol. The van der Waals surface area contributed by atoms with E-state index < -0.39 is 5.91 Å². The molecular formula is C15H10BrClN2O3. The number of carbonyl (C=O) groups excluding carboxylic acids is 1. The van der Waals surface area contributed by atoms with Crippen LogP contribution in [0.4, 0.5) is 5.69 Å². The quantitative estimate of drug-likeness (QED) is 0.700. The minimum Gasteiger partial charge on any atom is -0.461 e. The molecule has 1 amide bonds. The molecule has 1 aromatic carbocycles. The largest absolute Gasteiger partial charge is 0.461 e. The maximum absolute atomic E-state index is 12.4. The van der Waals surface area contributed by atoms with Gasteiger partial charge in [-0.15, -0.1) is 0 Å². The summed E-state index contributed by atoms with van der Waals surface area (Å²) in [4.78, 5) is 16.4. The molecule has 7 heteroatoms. The molecule has 0 aliphatic heterocycles. The number of hydrogen-bond donors (Lipinski definition) is 1. The first kappa shape index (κ1) is 14.9. The van der Waals surface area contributed by atoms with Crippen molar-refractivity contribution in [2.45, 2.75) is 6.92 Å². The van der Waals surface area contributed by atoms with E-state index in [0.717, 1.165) is 10.0 Å². The van der Waals surface area contributed by atoms with E-state index >= 15 is 0 Å². The minimum atomic E-state index is -0.424. The number of aromatic nitrogens is 1. The number of oxazole rings is 1. The van der Waals surface area contributed by atoms with Crippen molar-refractivity contribution in [2.75, 3.05) is 5.32 Å². The van der Waals surface area contributed by atoms with E-state index in [0.29, 0.717) is 16.5 Å². The first-order valence-electron chi connectivity index (χ1n) is 6.30. The Hall–Kier alpha value is -2.05. The number of anilines is 1. The molecule has 0 atom stereocenters. The van der Waals surface area contributed by atoms with E-state index in [1.54, 1.807) is 18.2 Å². The molecule has 2 heterocycles. The smallest absolute Gasteiger partial charge is 0.278 e. The van der Waals surface area contributed by atoms with Crippen molar-refractivity contribution in [2.24, 2.45) is 0 Å². The Balaban J connectivity index is 1.92.